The molecule has 0 amide bonds. The molecule has 1 heterocycles. The fourth-order valence-corrected chi connectivity index (χ4v) is 2.69. The minimum Gasteiger partial charge on any atom is -0.461 e. The first-order valence-electron chi connectivity index (χ1n) is 5.45. The smallest absolute Gasteiger partial charge is 0.162 e. The van der Waals surface area contributed by atoms with Crippen molar-refractivity contribution in [3.63, 3.8) is 0 Å². The topological polar surface area (TPSA) is 26.3 Å². The fourth-order valence-electron chi connectivity index (χ4n) is 2.29. The second-order valence-corrected chi connectivity index (χ2v) is 5.13. The molecule has 3 heteroatoms. The summed E-state index contributed by atoms with van der Waals surface area (Å²) in [6, 6.07) is 5.96. The van der Waals surface area contributed by atoms with E-state index in [9.17, 15) is 4.79 Å². The molecule has 0 radical (unpaired) electrons. The van der Waals surface area contributed by atoms with Crippen molar-refractivity contribution in [2.45, 2.75) is 25.7 Å². The van der Waals surface area contributed by atoms with Crippen molar-refractivity contribution in [2.24, 2.45) is 0 Å². The summed E-state index contributed by atoms with van der Waals surface area (Å²) >= 11 is 3.44. The standard InChI is InChI=1S/C13H11BrO2/c14-9-4-5-12-8(6-9)7-10-11(15)2-1-3-13(10)16-12/h4-6H,1-3,7H2. The molecule has 82 valence electrons. The third-order valence-corrected chi connectivity index (χ3v) is 3.60. The summed E-state index contributed by atoms with van der Waals surface area (Å²) in [4.78, 5) is 11.8. The van der Waals surface area contributed by atoms with Gasteiger partial charge in [0, 0.05) is 34.9 Å². The second kappa shape index (κ2) is 3.74. The summed E-state index contributed by atoms with van der Waals surface area (Å²) in [5.74, 6) is 2.05. The Morgan fingerprint density at radius 2 is 2.12 bits per heavy atom. The lowest BCUT2D eigenvalue weighted by Crippen LogP contribution is -2.20. The number of fused-ring (bicyclic) bond motifs is 1. The van der Waals surface area contributed by atoms with Crippen LogP contribution in [0, 0.1) is 0 Å². The van der Waals surface area contributed by atoms with Crippen molar-refractivity contribution in [1.29, 1.82) is 0 Å². The van der Waals surface area contributed by atoms with Crippen molar-refractivity contribution >= 4 is 21.7 Å². The first-order valence-corrected chi connectivity index (χ1v) is 6.25. The number of carbonyl (C=O) groups excluding carboxylic acids is 1. The van der Waals surface area contributed by atoms with E-state index in [1.54, 1.807) is 0 Å². The Morgan fingerprint density at radius 1 is 1.25 bits per heavy atom. The van der Waals surface area contributed by atoms with Gasteiger partial charge in [-0.15, -0.1) is 0 Å². The van der Waals surface area contributed by atoms with Gasteiger partial charge < -0.3 is 4.74 Å². The van der Waals surface area contributed by atoms with Crippen LogP contribution in [-0.4, -0.2) is 5.78 Å². The zero-order valence-corrected chi connectivity index (χ0v) is 10.3. The highest BCUT2D eigenvalue weighted by atomic mass is 79.9. The van der Waals surface area contributed by atoms with Crippen molar-refractivity contribution in [1.82, 2.24) is 0 Å². The van der Waals surface area contributed by atoms with Crippen molar-refractivity contribution in [3.05, 3.63) is 39.6 Å². The number of rotatable bonds is 0. The summed E-state index contributed by atoms with van der Waals surface area (Å²) in [5.41, 5.74) is 1.99. The van der Waals surface area contributed by atoms with Crippen LogP contribution in [0.1, 0.15) is 24.8 Å². The Bertz CT molecular complexity index is 503. The molecule has 2 nitrogen and oxygen atoms in total. The number of carbonyl (C=O) groups is 1. The predicted octanol–water partition coefficient (Wildman–Crippen LogP) is 3.39. The van der Waals surface area contributed by atoms with Crippen molar-refractivity contribution < 1.29 is 9.53 Å². The molecule has 0 fully saturated rings. The lowest BCUT2D eigenvalue weighted by molar-refractivity contribution is -0.116. The largest absolute Gasteiger partial charge is 0.461 e. The van der Waals surface area contributed by atoms with Crippen molar-refractivity contribution in [3.8, 4) is 5.75 Å². The number of ketones is 1. The quantitative estimate of drug-likeness (QED) is 0.727. The summed E-state index contributed by atoms with van der Waals surface area (Å²) in [5, 5.41) is 0. The molecule has 0 aromatic heterocycles. The van der Waals surface area contributed by atoms with Gasteiger partial charge in [0.25, 0.3) is 0 Å². The molecule has 1 aromatic carbocycles. The van der Waals surface area contributed by atoms with Crippen LogP contribution in [0.3, 0.4) is 0 Å². The highest BCUT2D eigenvalue weighted by Crippen LogP contribution is 2.36. The maximum Gasteiger partial charge on any atom is 0.162 e. The van der Waals surface area contributed by atoms with E-state index in [1.807, 2.05) is 18.2 Å². The molecule has 0 spiro atoms. The second-order valence-electron chi connectivity index (χ2n) is 4.21. The van der Waals surface area contributed by atoms with Crippen LogP contribution in [-0.2, 0) is 11.2 Å². The molecule has 1 aliphatic heterocycles. The number of hydrogen-bond donors (Lipinski definition) is 0. The molecule has 0 saturated carbocycles. The number of benzene rings is 1. The Hall–Kier alpha value is -1.09. The Kier molecular flexibility index (Phi) is 2.36. The molecule has 0 atom stereocenters. The molecular weight excluding hydrogens is 268 g/mol. The van der Waals surface area contributed by atoms with E-state index in [1.165, 1.54) is 0 Å². The Balaban J connectivity index is 2.04. The number of allylic oxidation sites excluding steroid dienone is 2. The van der Waals surface area contributed by atoms with E-state index in [0.717, 1.165) is 46.4 Å². The van der Waals surface area contributed by atoms with Gasteiger partial charge >= 0.3 is 0 Å². The normalized spacial score (nSPS) is 18.9. The van der Waals surface area contributed by atoms with Crippen LogP contribution in [0.5, 0.6) is 5.75 Å². The fraction of sp³-hybridized carbons (Fsp3) is 0.308. The van der Waals surface area contributed by atoms with E-state index in [2.05, 4.69) is 15.9 Å². The molecule has 2 aliphatic rings. The molecular formula is C13H11BrO2. The average Bonchev–Trinajstić information content (AvgIpc) is 2.28. The maximum atomic E-state index is 11.8. The first-order chi connectivity index (χ1) is 7.74. The molecule has 0 N–H and O–H groups in total. The van der Waals surface area contributed by atoms with Gasteiger partial charge in [0.1, 0.15) is 11.5 Å². The van der Waals surface area contributed by atoms with E-state index in [0.29, 0.717) is 6.42 Å². The van der Waals surface area contributed by atoms with E-state index >= 15 is 0 Å². The van der Waals surface area contributed by atoms with Crippen LogP contribution < -0.4 is 4.74 Å². The van der Waals surface area contributed by atoms with Gasteiger partial charge in [-0.2, -0.15) is 0 Å². The van der Waals surface area contributed by atoms with Gasteiger partial charge in [0.15, 0.2) is 5.78 Å². The highest BCUT2D eigenvalue weighted by Gasteiger charge is 2.27. The van der Waals surface area contributed by atoms with Crippen LogP contribution in [0.25, 0.3) is 0 Å². The number of halogens is 1. The van der Waals surface area contributed by atoms with Crippen molar-refractivity contribution in [2.75, 3.05) is 0 Å². The lowest BCUT2D eigenvalue weighted by atomic mass is 9.89. The average molecular weight is 279 g/mol. The zero-order valence-electron chi connectivity index (χ0n) is 8.75. The minimum atomic E-state index is 0.256. The molecule has 0 saturated heterocycles. The zero-order chi connectivity index (χ0) is 11.1. The summed E-state index contributed by atoms with van der Waals surface area (Å²) in [6.45, 7) is 0. The molecule has 0 bridgehead atoms. The molecule has 3 rings (SSSR count). The third kappa shape index (κ3) is 1.59. The maximum absolute atomic E-state index is 11.8. The Labute approximate surface area is 102 Å². The summed E-state index contributed by atoms with van der Waals surface area (Å²) in [7, 11) is 0. The third-order valence-electron chi connectivity index (χ3n) is 3.10. The van der Waals surface area contributed by atoms with Crippen LogP contribution in [0.15, 0.2) is 34.0 Å². The van der Waals surface area contributed by atoms with E-state index in [4.69, 9.17) is 4.74 Å². The van der Waals surface area contributed by atoms with Crippen LogP contribution >= 0.6 is 15.9 Å². The number of hydrogen-bond acceptors (Lipinski definition) is 2. The lowest BCUT2D eigenvalue weighted by Gasteiger charge is -2.26. The van der Waals surface area contributed by atoms with Gasteiger partial charge in [-0.1, -0.05) is 15.9 Å². The number of ether oxygens (including phenoxy) is 1. The van der Waals surface area contributed by atoms with Gasteiger partial charge in [0.05, 0.1) is 0 Å². The van der Waals surface area contributed by atoms with Gasteiger partial charge in [-0.05, 0) is 24.6 Å². The number of Topliss-reactive ketones (excluding diaryl/α,β-unsaturated/α-hetero) is 1. The van der Waals surface area contributed by atoms with E-state index in [-0.39, 0.29) is 5.78 Å². The first kappa shape index (κ1) is 10.1. The monoisotopic (exact) mass is 278 g/mol. The molecule has 1 aromatic rings. The van der Waals surface area contributed by atoms with Gasteiger partial charge in [-0.25, -0.2) is 0 Å². The van der Waals surface area contributed by atoms with Crippen LogP contribution in [0.2, 0.25) is 0 Å². The van der Waals surface area contributed by atoms with Gasteiger partial charge in [0.2, 0.25) is 0 Å². The SMILES string of the molecule is O=C1CCCC2=C1Cc1cc(Br)ccc1O2. The summed E-state index contributed by atoms with van der Waals surface area (Å²) in [6.07, 6.45) is 3.22. The molecule has 16 heavy (non-hydrogen) atoms. The molecule has 0 unspecified atom stereocenters. The molecule has 1 aliphatic carbocycles. The Morgan fingerprint density at radius 3 is 3.00 bits per heavy atom. The highest BCUT2D eigenvalue weighted by molar-refractivity contribution is 9.10. The van der Waals surface area contributed by atoms with Crippen LogP contribution in [0.4, 0.5) is 0 Å². The van der Waals surface area contributed by atoms with Gasteiger partial charge in [-0.3, -0.25) is 4.79 Å². The van der Waals surface area contributed by atoms with E-state index < -0.39 is 0 Å². The summed E-state index contributed by atoms with van der Waals surface area (Å²) < 4.78 is 6.83. The predicted molar refractivity (Wildman–Crippen MR) is 64.4 cm³/mol. The minimum absolute atomic E-state index is 0.256.